The van der Waals surface area contributed by atoms with Crippen LogP contribution in [0.1, 0.15) is 24.0 Å². The van der Waals surface area contributed by atoms with Gasteiger partial charge in [0.2, 0.25) is 11.8 Å². The Morgan fingerprint density at radius 1 is 0.769 bits per heavy atom. The number of carbonyl (C=O) groups is 2. The predicted molar refractivity (Wildman–Crippen MR) is 104 cm³/mol. The lowest BCUT2D eigenvalue weighted by atomic mass is 10.2. The Morgan fingerprint density at radius 2 is 1.15 bits per heavy atom. The second-order valence-electron chi connectivity index (χ2n) is 5.13. The SMILES string of the molecule is O=C(CCC(=O)N/N=C\c1ccccc1Cl)NN=Cc1ccccc1Cl. The number of hydrogen-bond acceptors (Lipinski definition) is 4. The Bertz CT molecular complexity index is 768. The van der Waals surface area contributed by atoms with Gasteiger partial charge in [-0.1, -0.05) is 59.6 Å². The second-order valence-corrected chi connectivity index (χ2v) is 5.94. The number of hydrazone groups is 2. The molecule has 2 rings (SSSR count). The topological polar surface area (TPSA) is 82.9 Å². The van der Waals surface area contributed by atoms with Gasteiger partial charge in [0.15, 0.2) is 0 Å². The molecule has 2 N–H and O–H groups in total. The molecule has 0 aliphatic carbocycles. The molecule has 2 amide bonds. The third-order valence-corrected chi connectivity index (χ3v) is 3.86. The Morgan fingerprint density at radius 3 is 1.54 bits per heavy atom. The van der Waals surface area contributed by atoms with E-state index in [4.69, 9.17) is 23.2 Å². The molecule has 0 atom stereocenters. The molecule has 0 saturated carbocycles. The van der Waals surface area contributed by atoms with E-state index in [2.05, 4.69) is 21.1 Å². The average Bonchev–Trinajstić information content (AvgIpc) is 2.63. The van der Waals surface area contributed by atoms with Crippen LogP contribution in [0.4, 0.5) is 0 Å². The predicted octanol–water partition coefficient (Wildman–Crippen LogP) is 3.37. The summed E-state index contributed by atoms with van der Waals surface area (Å²) in [6.45, 7) is 0. The molecule has 6 nitrogen and oxygen atoms in total. The molecule has 2 aromatic carbocycles. The number of benzene rings is 2. The van der Waals surface area contributed by atoms with E-state index in [1.807, 2.05) is 12.1 Å². The Labute approximate surface area is 160 Å². The van der Waals surface area contributed by atoms with E-state index in [0.29, 0.717) is 21.2 Å². The maximum atomic E-state index is 11.7. The van der Waals surface area contributed by atoms with E-state index in [0.717, 1.165) is 0 Å². The number of nitrogens with one attached hydrogen (secondary N) is 2. The first-order valence-corrected chi connectivity index (χ1v) is 8.44. The number of halogens is 2. The van der Waals surface area contributed by atoms with Crippen LogP contribution in [0.2, 0.25) is 10.0 Å². The molecule has 26 heavy (non-hydrogen) atoms. The molecule has 2 aromatic rings. The highest BCUT2D eigenvalue weighted by Gasteiger charge is 2.05. The summed E-state index contributed by atoms with van der Waals surface area (Å²) in [6, 6.07) is 14.2. The van der Waals surface area contributed by atoms with Gasteiger partial charge in [0, 0.05) is 34.0 Å². The van der Waals surface area contributed by atoms with Gasteiger partial charge in [-0.2, -0.15) is 10.2 Å². The number of nitrogens with zero attached hydrogens (tertiary/aromatic N) is 2. The largest absolute Gasteiger partial charge is 0.273 e. The summed E-state index contributed by atoms with van der Waals surface area (Å²) in [6.07, 6.45) is 2.84. The molecule has 0 radical (unpaired) electrons. The van der Waals surface area contributed by atoms with Crippen LogP contribution in [0.5, 0.6) is 0 Å². The zero-order valence-corrected chi connectivity index (χ0v) is 15.2. The lowest BCUT2D eigenvalue weighted by Crippen LogP contribution is -2.22. The highest BCUT2D eigenvalue weighted by Crippen LogP contribution is 2.12. The molecule has 0 unspecified atom stereocenters. The number of hydrogen-bond donors (Lipinski definition) is 2. The van der Waals surface area contributed by atoms with Crippen molar-refractivity contribution in [3.8, 4) is 0 Å². The quantitative estimate of drug-likeness (QED) is 0.560. The van der Waals surface area contributed by atoms with Crippen LogP contribution < -0.4 is 10.9 Å². The maximum absolute atomic E-state index is 11.7. The van der Waals surface area contributed by atoms with Crippen molar-refractivity contribution in [2.45, 2.75) is 12.8 Å². The van der Waals surface area contributed by atoms with Gasteiger partial charge < -0.3 is 0 Å². The van der Waals surface area contributed by atoms with E-state index in [1.165, 1.54) is 12.4 Å². The van der Waals surface area contributed by atoms with Gasteiger partial charge in [-0.05, 0) is 12.1 Å². The van der Waals surface area contributed by atoms with Crippen molar-refractivity contribution in [3.63, 3.8) is 0 Å². The first-order chi connectivity index (χ1) is 12.6. The zero-order valence-electron chi connectivity index (χ0n) is 13.7. The third-order valence-electron chi connectivity index (χ3n) is 3.18. The van der Waals surface area contributed by atoms with E-state index in [-0.39, 0.29) is 12.8 Å². The molecular weight excluding hydrogens is 375 g/mol. The molecule has 0 aliphatic rings. The normalized spacial score (nSPS) is 11.0. The van der Waals surface area contributed by atoms with Crippen LogP contribution in [0.15, 0.2) is 58.7 Å². The summed E-state index contributed by atoms with van der Waals surface area (Å²) < 4.78 is 0. The summed E-state index contributed by atoms with van der Waals surface area (Å²) in [4.78, 5) is 23.3. The van der Waals surface area contributed by atoms with Crippen LogP contribution in [-0.4, -0.2) is 24.2 Å². The lowest BCUT2D eigenvalue weighted by Gasteiger charge is -2.01. The summed E-state index contributed by atoms with van der Waals surface area (Å²) >= 11 is 11.9. The van der Waals surface area contributed by atoms with Crippen LogP contribution in [0.25, 0.3) is 0 Å². The van der Waals surface area contributed by atoms with E-state index < -0.39 is 11.8 Å². The summed E-state index contributed by atoms with van der Waals surface area (Å²) in [5.74, 6) is -0.780. The van der Waals surface area contributed by atoms with Crippen LogP contribution in [-0.2, 0) is 9.59 Å². The van der Waals surface area contributed by atoms with Crippen molar-refractivity contribution >= 4 is 47.4 Å². The van der Waals surface area contributed by atoms with Gasteiger partial charge in [0.25, 0.3) is 0 Å². The van der Waals surface area contributed by atoms with Crippen LogP contribution in [0, 0.1) is 0 Å². The molecule has 0 heterocycles. The second kappa shape index (κ2) is 10.3. The van der Waals surface area contributed by atoms with Gasteiger partial charge in [-0.25, -0.2) is 10.9 Å². The van der Waals surface area contributed by atoms with Gasteiger partial charge in [-0.3, -0.25) is 9.59 Å². The fourth-order valence-electron chi connectivity index (χ4n) is 1.85. The lowest BCUT2D eigenvalue weighted by molar-refractivity contribution is -0.126. The molecule has 0 aromatic heterocycles. The summed E-state index contributed by atoms with van der Waals surface area (Å²) in [7, 11) is 0. The fourth-order valence-corrected chi connectivity index (χ4v) is 2.22. The number of rotatable bonds is 7. The van der Waals surface area contributed by atoms with Crippen molar-refractivity contribution in [2.24, 2.45) is 10.2 Å². The van der Waals surface area contributed by atoms with E-state index in [1.54, 1.807) is 36.4 Å². The number of carbonyl (C=O) groups excluding carboxylic acids is 2. The Hall–Kier alpha value is -2.70. The zero-order chi connectivity index (χ0) is 18.8. The summed E-state index contributed by atoms with van der Waals surface area (Å²) in [5.41, 5.74) is 6.04. The van der Waals surface area contributed by atoms with Crippen molar-refractivity contribution in [1.29, 1.82) is 0 Å². The molecule has 0 bridgehead atoms. The molecule has 0 aliphatic heterocycles. The van der Waals surface area contributed by atoms with Crippen molar-refractivity contribution in [2.75, 3.05) is 0 Å². The highest BCUT2D eigenvalue weighted by molar-refractivity contribution is 6.33. The maximum Gasteiger partial charge on any atom is 0.240 e. The minimum Gasteiger partial charge on any atom is -0.273 e. The summed E-state index contributed by atoms with van der Waals surface area (Å²) in [5, 5.41) is 8.67. The molecule has 0 spiro atoms. The number of amides is 2. The third kappa shape index (κ3) is 6.66. The smallest absolute Gasteiger partial charge is 0.240 e. The van der Waals surface area contributed by atoms with E-state index in [9.17, 15) is 9.59 Å². The van der Waals surface area contributed by atoms with Crippen LogP contribution in [0.3, 0.4) is 0 Å². The first kappa shape index (κ1) is 19.6. The standard InChI is InChI=1S/C18H16Cl2N4O2/c19-15-7-3-1-5-13(15)11-21-23-17(25)9-10-18(26)24-22-12-14-6-2-4-8-16(14)20/h1-8,11-12H,9-10H2,(H,23,25)(H,24,26)/b21-11-,22-12?. The van der Waals surface area contributed by atoms with Crippen molar-refractivity contribution in [1.82, 2.24) is 10.9 Å². The fraction of sp³-hybridized carbons (Fsp3) is 0.111. The van der Waals surface area contributed by atoms with Gasteiger partial charge in [0.05, 0.1) is 12.4 Å². The highest BCUT2D eigenvalue weighted by atomic mass is 35.5. The Balaban J connectivity index is 1.71. The van der Waals surface area contributed by atoms with Gasteiger partial charge in [0.1, 0.15) is 0 Å². The Kier molecular flexibility index (Phi) is 7.79. The van der Waals surface area contributed by atoms with Crippen LogP contribution >= 0.6 is 23.2 Å². The monoisotopic (exact) mass is 390 g/mol. The minimum atomic E-state index is -0.390. The van der Waals surface area contributed by atoms with Crippen molar-refractivity contribution < 1.29 is 9.59 Å². The minimum absolute atomic E-state index is 0.0205. The molecule has 8 heteroatoms. The van der Waals surface area contributed by atoms with Gasteiger partial charge in [-0.15, -0.1) is 0 Å². The van der Waals surface area contributed by atoms with Crippen molar-refractivity contribution in [3.05, 3.63) is 69.7 Å². The van der Waals surface area contributed by atoms with Gasteiger partial charge >= 0.3 is 0 Å². The average molecular weight is 391 g/mol. The first-order valence-electron chi connectivity index (χ1n) is 7.69. The molecule has 134 valence electrons. The van der Waals surface area contributed by atoms with E-state index >= 15 is 0 Å². The molecular formula is C18H16Cl2N4O2. The molecule has 0 saturated heterocycles. The molecule has 0 fully saturated rings.